The molecule has 1 aromatic heterocycles. The molecule has 0 amide bonds. The fraction of sp³-hybridized carbons (Fsp3) is 0.200. The molecule has 0 unspecified atom stereocenters. The summed E-state index contributed by atoms with van der Waals surface area (Å²) in [6.07, 6.45) is -2.22. The van der Waals surface area contributed by atoms with Crippen molar-refractivity contribution in [3.8, 4) is 0 Å². The topological polar surface area (TPSA) is 79.3 Å². The molecule has 10 heteroatoms. The van der Waals surface area contributed by atoms with Gasteiger partial charge in [-0.25, -0.2) is 4.98 Å². The predicted octanol–water partition coefficient (Wildman–Crippen LogP) is 4.06. The van der Waals surface area contributed by atoms with Gasteiger partial charge in [-0.1, -0.05) is 24.3 Å². The van der Waals surface area contributed by atoms with Crippen molar-refractivity contribution in [2.24, 2.45) is 0 Å². The molecule has 6 nitrogen and oxygen atoms in total. The van der Waals surface area contributed by atoms with Crippen LogP contribution in [0.3, 0.4) is 0 Å². The largest absolute Gasteiger partial charge is 0.491 e. The molecular formula is C20H20BF3N4O2. The van der Waals surface area contributed by atoms with Crippen LogP contribution >= 0.6 is 0 Å². The summed E-state index contributed by atoms with van der Waals surface area (Å²) in [5, 5.41) is 16.2. The zero-order chi connectivity index (χ0) is 21.7. The van der Waals surface area contributed by atoms with Crippen molar-refractivity contribution in [1.82, 2.24) is 9.97 Å². The maximum Gasteiger partial charge on any atom is 0.491 e. The molecule has 0 saturated heterocycles. The van der Waals surface area contributed by atoms with Gasteiger partial charge in [-0.05, 0) is 42.2 Å². The highest BCUT2D eigenvalue weighted by Gasteiger charge is 2.27. The minimum atomic E-state index is -4.00. The zero-order valence-corrected chi connectivity index (χ0v) is 16.4. The van der Waals surface area contributed by atoms with E-state index in [1.54, 1.807) is 6.20 Å². The van der Waals surface area contributed by atoms with Crippen molar-refractivity contribution in [2.45, 2.75) is 26.6 Å². The first kappa shape index (κ1) is 21.6. The summed E-state index contributed by atoms with van der Waals surface area (Å²) >= 11 is 0. The Morgan fingerprint density at radius 2 is 1.77 bits per heavy atom. The van der Waals surface area contributed by atoms with Crippen LogP contribution in [0.5, 0.6) is 0 Å². The van der Waals surface area contributed by atoms with Crippen molar-refractivity contribution in [3.05, 3.63) is 65.9 Å². The van der Waals surface area contributed by atoms with E-state index in [1.807, 2.05) is 55.5 Å². The molecule has 0 aliphatic carbocycles. The van der Waals surface area contributed by atoms with Gasteiger partial charge in [0, 0.05) is 30.1 Å². The summed E-state index contributed by atoms with van der Waals surface area (Å²) in [6.45, 7) is 2.55. The van der Waals surface area contributed by atoms with Gasteiger partial charge in [-0.2, -0.15) is 18.2 Å². The molecule has 3 aromatic rings. The molecule has 30 heavy (non-hydrogen) atoms. The van der Waals surface area contributed by atoms with Gasteiger partial charge in [0.1, 0.15) is 5.82 Å². The van der Waals surface area contributed by atoms with Gasteiger partial charge in [-0.15, -0.1) is 0 Å². The van der Waals surface area contributed by atoms with Crippen molar-refractivity contribution in [2.75, 3.05) is 10.6 Å². The van der Waals surface area contributed by atoms with E-state index in [4.69, 9.17) is 4.65 Å². The SMILES string of the molecule is CC(F)(F)F.Cc1cnc(Nc2ccc3c(c2)COB3O)nc1Nc1ccccc1. The molecule has 0 bridgehead atoms. The van der Waals surface area contributed by atoms with Crippen LogP contribution < -0.4 is 16.1 Å². The first-order valence-corrected chi connectivity index (χ1v) is 9.11. The lowest BCUT2D eigenvalue weighted by atomic mass is 9.79. The number of alkyl halides is 3. The molecule has 1 aliphatic heterocycles. The van der Waals surface area contributed by atoms with E-state index in [9.17, 15) is 18.2 Å². The van der Waals surface area contributed by atoms with Crippen LogP contribution in [0.15, 0.2) is 54.7 Å². The Morgan fingerprint density at radius 1 is 1.07 bits per heavy atom. The van der Waals surface area contributed by atoms with Gasteiger partial charge >= 0.3 is 13.3 Å². The summed E-state index contributed by atoms with van der Waals surface area (Å²) < 4.78 is 36.3. The average Bonchev–Trinajstić information content (AvgIpc) is 3.04. The summed E-state index contributed by atoms with van der Waals surface area (Å²) in [4.78, 5) is 8.90. The van der Waals surface area contributed by atoms with Crippen LogP contribution in [-0.2, 0) is 11.3 Å². The third-order valence-corrected chi connectivity index (χ3v) is 4.07. The lowest BCUT2D eigenvalue weighted by Gasteiger charge is -2.11. The second-order valence-corrected chi connectivity index (χ2v) is 6.70. The van der Waals surface area contributed by atoms with Crippen LogP contribution in [0.2, 0.25) is 0 Å². The average molecular weight is 416 g/mol. The smallest absolute Gasteiger partial charge is 0.423 e. The number of rotatable bonds is 4. The lowest BCUT2D eigenvalue weighted by molar-refractivity contribution is -0.110. The Bertz CT molecular complexity index is 997. The van der Waals surface area contributed by atoms with Crippen molar-refractivity contribution in [1.29, 1.82) is 0 Å². The molecule has 1 aliphatic rings. The quantitative estimate of drug-likeness (QED) is 0.557. The highest BCUT2D eigenvalue weighted by atomic mass is 19.4. The fourth-order valence-electron chi connectivity index (χ4n) is 2.72. The summed E-state index contributed by atoms with van der Waals surface area (Å²) in [6, 6.07) is 15.6. The Hall–Kier alpha value is -3.11. The van der Waals surface area contributed by atoms with Crippen molar-refractivity contribution < 1.29 is 22.8 Å². The Kier molecular flexibility index (Phi) is 6.58. The maximum absolute atomic E-state index is 10.4. The maximum atomic E-state index is 10.4. The lowest BCUT2D eigenvalue weighted by Crippen LogP contribution is -2.27. The zero-order valence-electron chi connectivity index (χ0n) is 16.4. The Balaban J connectivity index is 0.000000461. The van der Waals surface area contributed by atoms with Crippen LogP contribution in [0.1, 0.15) is 18.1 Å². The standard InChI is InChI=1S/C18H17BN4O2.C2H3F3/c1-12-10-20-18(23-17(12)21-14-5-3-2-4-6-14)22-15-7-8-16-13(9-15)11-25-19(16)24;1-2(3,4)5/h2-10,24H,11H2,1H3,(H2,20,21,22,23);1H3. The fourth-order valence-corrected chi connectivity index (χ4v) is 2.72. The molecule has 2 heterocycles. The number of nitrogens with zero attached hydrogens (tertiary/aromatic N) is 2. The second-order valence-electron chi connectivity index (χ2n) is 6.70. The number of benzene rings is 2. The monoisotopic (exact) mass is 416 g/mol. The molecule has 2 aromatic carbocycles. The van der Waals surface area contributed by atoms with Crippen LogP contribution in [0.4, 0.5) is 36.3 Å². The molecule has 0 saturated carbocycles. The van der Waals surface area contributed by atoms with E-state index in [1.165, 1.54) is 0 Å². The number of aromatic nitrogens is 2. The van der Waals surface area contributed by atoms with Crippen LogP contribution in [0.25, 0.3) is 0 Å². The molecule has 0 fully saturated rings. The van der Waals surface area contributed by atoms with Gasteiger partial charge in [0.2, 0.25) is 5.95 Å². The number of hydrogen-bond acceptors (Lipinski definition) is 6. The van der Waals surface area contributed by atoms with Gasteiger partial charge < -0.3 is 20.3 Å². The van der Waals surface area contributed by atoms with E-state index in [-0.39, 0.29) is 6.92 Å². The summed E-state index contributed by atoms with van der Waals surface area (Å²) in [5.74, 6) is 1.26. The first-order valence-electron chi connectivity index (χ1n) is 9.11. The van der Waals surface area contributed by atoms with Gasteiger partial charge in [0.25, 0.3) is 0 Å². The molecule has 3 N–H and O–H groups in total. The number of fused-ring (bicyclic) bond motifs is 1. The number of aryl methyl sites for hydroxylation is 1. The molecule has 4 rings (SSSR count). The molecule has 0 atom stereocenters. The molecule has 0 spiro atoms. The highest BCUT2D eigenvalue weighted by Crippen LogP contribution is 2.22. The molecule has 0 radical (unpaired) electrons. The van der Waals surface area contributed by atoms with E-state index in [2.05, 4.69) is 20.6 Å². The number of anilines is 4. The van der Waals surface area contributed by atoms with E-state index >= 15 is 0 Å². The third-order valence-electron chi connectivity index (χ3n) is 4.07. The first-order chi connectivity index (χ1) is 14.2. The normalized spacial score (nSPS) is 12.7. The van der Waals surface area contributed by atoms with E-state index in [0.717, 1.165) is 33.8 Å². The summed E-state index contributed by atoms with van der Waals surface area (Å²) in [5.41, 5.74) is 4.55. The van der Waals surface area contributed by atoms with Gasteiger partial charge in [0.05, 0.1) is 6.61 Å². The Morgan fingerprint density at radius 3 is 2.47 bits per heavy atom. The second kappa shape index (κ2) is 9.14. The van der Waals surface area contributed by atoms with Crippen molar-refractivity contribution in [3.63, 3.8) is 0 Å². The highest BCUT2D eigenvalue weighted by molar-refractivity contribution is 6.61. The minimum absolute atomic E-state index is 0.188. The minimum Gasteiger partial charge on any atom is -0.423 e. The molecular weight excluding hydrogens is 396 g/mol. The predicted molar refractivity (Wildman–Crippen MR) is 110 cm³/mol. The number of para-hydroxylation sites is 1. The number of halogens is 3. The Labute approximate surface area is 172 Å². The van der Waals surface area contributed by atoms with Gasteiger partial charge in [-0.3, -0.25) is 0 Å². The van der Waals surface area contributed by atoms with E-state index in [0.29, 0.717) is 12.6 Å². The van der Waals surface area contributed by atoms with E-state index < -0.39 is 13.3 Å². The van der Waals surface area contributed by atoms with Crippen molar-refractivity contribution >= 4 is 35.7 Å². The number of hydrogen-bond donors (Lipinski definition) is 3. The van der Waals surface area contributed by atoms with Crippen LogP contribution in [0, 0.1) is 6.92 Å². The third kappa shape index (κ3) is 6.20. The number of nitrogens with one attached hydrogen (secondary N) is 2. The summed E-state index contributed by atoms with van der Waals surface area (Å²) in [7, 11) is -0.832. The van der Waals surface area contributed by atoms with Crippen LogP contribution in [-0.4, -0.2) is 28.3 Å². The molecule has 156 valence electrons. The van der Waals surface area contributed by atoms with Gasteiger partial charge in [0.15, 0.2) is 0 Å².